The molecule has 0 saturated carbocycles. The van der Waals surface area contributed by atoms with Crippen molar-refractivity contribution in [1.29, 1.82) is 0 Å². The molecule has 1 aromatic carbocycles. The molecule has 7 heteroatoms. The van der Waals surface area contributed by atoms with Crippen LogP contribution in [0.25, 0.3) is 5.69 Å². The van der Waals surface area contributed by atoms with Crippen LogP contribution in [0.5, 0.6) is 0 Å². The molecule has 2 aromatic rings. The van der Waals surface area contributed by atoms with Crippen molar-refractivity contribution in [2.75, 3.05) is 13.2 Å². The van der Waals surface area contributed by atoms with Gasteiger partial charge in [-0.1, -0.05) is 26.0 Å². The lowest BCUT2D eigenvalue weighted by atomic mass is 10.1. The number of amides is 1. The second kappa shape index (κ2) is 7.09. The normalized spacial score (nSPS) is 17.9. The quantitative estimate of drug-likeness (QED) is 0.934. The Morgan fingerprint density at radius 3 is 2.88 bits per heavy atom. The number of hydrogen-bond acceptors (Lipinski definition) is 4. The molecule has 1 aromatic heterocycles. The van der Waals surface area contributed by atoms with Crippen LogP contribution in [0.3, 0.4) is 0 Å². The summed E-state index contributed by atoms with van der Waals surface area (Å²) in [5.74, 6) is -0.172. The number of benzene rings is 1. The molecule has 1 aliphatic rings. The molecule has 2 heterocycles. The molecule has 0 spiro atoms. The van der Waals surface area contributed by atoms with Gasteiger partial charge in [-0.2, -0.15) is 0 Å². The van der Waals surface area contributed by atoms with Crippen molar-refractivity contribution in [3.05, 3.63) is 41.7 Å². The van der Waals surface area contributed by atoms with E-state index in [1.807, 2.05) is 13.8 Å². The molecule has 1 fully saturated rings. The third kappa shape index (κ3) is 3.46. The van der Waals surface area contributed by atoms with Crippen LogP contribution in [0.2, 0.25) is 0 Å². The van der Waals surface area contributed by atoms with Gasteiger partial charge in [0.05, 0.1) is 12.6 Å². The highest BCUT2D eigenvalue weighted by Gasteiger charge is 2.23. The number of aromatic nitrogens is 3. The van der Waals surface area contributed by atoms with Crippen LogP contribution >= 0.6 is 0 Å². The van der Waals surface area contributed by atoms with Crippen LogP contribution in [0.4, 0.5) is 4.39 Å². The average molecular weight is 332 g/mol. The minimum Gasteiger partial charge on any atom is -0.379 e. The summed E-state index contributed by atoms with van der Waals surface area (Å²) in [6.45, 7) is 5.08. The second-order valence-corrected chi connectivity index (χ2v) is 6.20. The Labute approximate surface area is 140 Å². The standard InChI is InChI=1S/C17H21FN4O2/c1-11(2)16-20-15(17(23)19-12-6-5-9-24-10-12)21-22(16)14-8-4-3-7-13(14)18/h3-4,7-8,11-12H,5-6,9-10H2,1-2H3,(H,19,23)/t12-/m1/s1. The van der Waals surface area contributed by atoms with Gasteiger partial charge < -0.3 is 10.1 Å². The van der Waals surface area contributed by atoms with E-state index in [2.05, 4.69) is 15.4 Å². The smallest absolute Gasteiger partial charge is 0.291 e. The SMILES string of the molecule is CC(C)c1nc(C(=O)N[C@@H]2CCCOC2)nn1-c1ccccc1F. The first-order valence-corrected chi connectivity index (χ1v) is 8.16. The van der Waals surface area contributed by atoms with Crippen molar-refractivity contribution in [2.24, 2.45) is 0 Å². The van der Waals surface area contributed by atoms with Gasteiger partial charge in [0.25, 0.3) is 5.91 Å². The predicted octanol–water partition coefficient (Wildman–Crippen LogP) is 2.44. The zero-order valence-electron chi connectivity index (χ0n) is 13.8. The van der Waals surface area contributed by atoms with Crippen molar-refractivity contribution in [3.63, 3.8) is 0 Å². The van der Waals surface area contributed by atoms with Gasteiger partial charge in [-0.15, -0.1) is 5.10 Å². The van der Waals surface area contributed by atoms with Crippen molar-refractivity contribution < 1.29 is 13.9 Å². The Hall–Kier alpha value is -2.28. The van der Waals surface area contributed by atoms with Gasteiger partial charge >= 0.3 is 0 Å². The van der Waals surface area contributed by atoms with E-state index in [0.717, 1.165) is 19.4 Å². The highest BCUT2D eigenvalue weighted by atomic mass is 19.1. The molecule has 1 atom stereocenters. The first-order valence-electron chi connectivity index (χ1n) is 8.16. The Bertz CT molecular complexity index is 723. The summed E-state index contributed by atoms with van der Waals surface area (Å²) in [5.41, 5.74) is 0.286. The number of rotatable bonds is 4. The van der Waals surface area contributed by atoms with Gasteiger partial charge in [0.15, 0.2) is 0 Å². The maximum Gasteiger partial charge on any atom is 0.291 e. The Balaban J connectivity index is 1.88. The molecule has 1 amide bonds. The molecule has 1 N–H and O–H groups in total. The molecular formula is C17H21FN4O2. The summed E-state index contributed by atoms with van der Waals surface area (Å²) in [6.07, 6.45) is 1.79. The fourth-order valence-electron chi connectivity index (χ4n) is 2.70. The van der Waals surface area contributed by atoms with Crippen molar-refractivity contribution >= 4 is 5.91 Å². The minimum atomic E-state index is -0.406. The first kappa shape index (κ1) is 16.6. The second-order valence-electron chi connectivity index (χ2n) is 6.20. The van der Waals surface area contributed by atoms with E-state index in [4.69, 9.17) is 4.74 Å². The van der Waals surface area contributed by atoms with Crippen LogP contribution < -0.4 is 5.32 Å². The number of nitrogens with one attached hydrogen (secondary N) is 1. The number of hydrogen-bond donors (Lipinski definition) is 1. The molecule has 128 valence electrons. The minimum absolute atomic E-state index is 0.00308. The van der Waals surface area contributed by atoms with Gasteiger partial charge in [-0.25, -0.2) is 14.1 Å². The summed E-state index contributed by atoms with van der Waals surface area (Å²) < 4.78 is 20.9. The van der Waals surface area contributed by atoms with E-state index >= 15 is 0 Å². The average Bonchev–Trinajstić information content (AvgIpc) is 3.02. The lowest BCUT2D eigenvalue weighted by Crippen LogP contribution is -2.41. The zero-order chi connectivity index (χ0) is 17.1. The molecule has 24 heavy (non-hydrogen) atoms. The molecule has 1 aliphatic heterocycles. The van der Waals surface area contributed by atoms with Gasteiger partial charge in [0.1, 0.15) is 17.3 Å². The Kier molecular flexibility index (Phi) is 4.89. The molecule has 0 bridgehead atoms. The predicted molar refractivity (Wildman–Crippen MR) is 86.7 cm³/mol. The van der Waals surface area contributed by atoms with Crippen LogP contribution in [0, 0.1) is 5.82 Å². The van der Waals surface area contributed by atoms with E-state index in [1.54, 1.807) is 18.2 Å². The summed E-state index contributed by atoms with van der Waals surface area (Å²) in [7, 11) is 0. The van der Waals surface area contributed by atoms with Gasteiger partial charge in [0.2, 0.25) is 5.82 Å². The van der Waals surface area contributed by atoms with Crippen LogP contribution in [0.15, 0.2) is 24.3 Å². The van der Waals surface area contributed by atoms with Crippen LogP contribution in [-0.2, 0) is 4.74 Å². The molecule has 3 rings (SSSR count). The Morgan fingerprint density at radius 1 is 1.42 bits per heavy atom. The monoisotopic (exact) mass is 332 g/mol. The molecule has 0 unspecified atom stereocenters. The number of nitrogens with zero attached hydrogens (tertiary/aromatic N) is 3. The lowest BCUT2D eigenvalue weighted by Gasteiger charge is -2.22. The number of ether oxygens (including phenoxy) is 1. The summed E-state index contributed by atoms with van der Waals surface area (Å²) >= 11 is 0. The fraction of sp³-hybridized carbons (Fsp3) is 0.471. The van der Waals surface area contributed by atoms with Gasteiger partial charge in [-0.05, 0) is 25.0 Å². The van der Waals surface area contributed by atoms with Gasteiger partial charge in [0, 0.05) is 12.5 Å². The van der Waals surface area contributed by atoms with E-state index < -0.39 is 5.82 Å². The van der Waals surface area contributed by atoms with Gasteiger partial charge in [-0.3, -0.25) is 4.79 Å². The number of carbonyl (C=O) groups excluding carboxylic acids is 1. The van der Waals surface area contributed by atoms with Crippen molar-refractivity contribution in [1.82, 2.24) is 20.1 Å². The number of halogens is 1. The largest absolute Gasteiger partial charge is 0.379 e. The summed E-state index contributed by atoms with van der Waals surface area (Å²) in [5, 5.41) is 7.13. The van der Waals surface area contributed by atoms with Crippen LogP contribution in [0.1, 0.15) is 49.1 Å². The van der Waals surface area contributed by atoms with Crippen LogP contribution in [-0.4, -0.2) is 39.9 Å². The molecule has 0 radical (unpaired) electrons. The topological polar surface area (TPSA) is 69.0 Å². The van der Waals surface area contributed by atoms with Crippen molar-refractivity contribution in [2.45, 2.75) is 38.6 Å². The highest BCUT2D eigenvalue weighted by molar-refractivity contribution is 5.90. The maximum atomic E-state index is 14.1. The Morgan fingerprint density at radius 2 is 2.21 bits per heavy atom. The van der Waals surface area contributed by atoms with Crippen molar-refractivity contribution in [3.8, 4) is 5.69 Å². The fourth-order valence-corrected chi connectivity index (χ4v) is 2.70. The van der Waals surface area contributed by atoms with E-state index in [9.17, 15) is 9.18 Å². The lowest BCUT2D eigenvalue weighted by molar-refractivity contribution is 0.0619. The molecule has 1 saturated heterocycles. The van der Waals surface area contributed by atoms with E-state index in [0.29, 0.717) is 12.4 Å². The maximum absolute atomic E-state index is 14.1. The molecular weight excluding hydrogens is 311 g/mol. The summed E-state index contributed by atoms with van der Waals surface area (Å²) in [4.78, 5) is 16.7. The van der Waals surface area contributed by atoms with E-state index in [-0.39, 0.29) is 29.4 Å². The first-order chi connectivity index (χ1) is 11.6. The molecule has 6 nitrogen and oxygen atoms in total. The number of carbonyl (C=O) groups is 1. The highest BCUT2D eigenvalue weighted by Crippen LogP contribution is 2.19. The summed E-state index contributed by atoms with van der Waals surface area (Å²) in [6, 6.07) is 6.28. The third-order valence-corrected chi connectivity index (χ3v) is 3.93. The zero-order valence-corrected chi connectivity index (χ0v) is 13.8. The third-order valence-electron chi connectivity index (χ3n) is 3.93. The van der Waals surface area contributed by atoms with E-state index in [1.165, 1.54) is 10.7 Å². The molecule has 0 aliphatic carbocycles. The number of para-hydroxylation sites is 1.